The van der Waals surface area contributed by atoms with E-state index in [1.165, 1.54) is 16.7 Å². The second-order valence-corrected chi connectivity index (χ2v) is 4.66. The van der Waals surface area contributed by atoms with E-state index in [9.17, 15) is 0 Å². The summed E-state index contributed by atoms with van der Waals surface area (Å²) in [4.78, 5) is 2.47. The third-order valence-corrected chi connectivity index (χ3v) is 3.27. The number of aryl methyl sites for hydroxylation is 1. The molecule has 0 saturated carbocycles. The molecule has 0 radical (unpaired) electrons. The van der Waals surface area contributed by atoms with Gasteiger partial charge in [0.25, 0.3) is 0 Å². The van der Waals surface area contributed by atoms with Crippen molar-refractivity contribution in [2.24, 2.45) is 5.73 Å². The highest BCUT2D eigenvalue weighted by molar-refractivity contribution is 5.54. The predicted octanol–water partition coefficient (Wildman–Crippen LogP) is 1.28. The second kappa shape index (κ2) is 4.85. The number of hydrogen-bond donors (Lipinski definition) is 2. The van der Waals surface area contributed by atoms with Gasteiger partial charge in [-0.15, -0.1) is 0 Å². The summed E-state index contributed by atoms with van der Waals surface area (Å²) in [6.45, 7) is 6.13. The van der Waals surface area contributed by atoms with E-state index in [1.54, 1.807) is 0 Å². The van der Waals surface area contributed by atoms with Gasteiger partial charge in [-0.05, 0) is 55.6 Å². The first kappa shape index (κ1) is 11.4. The van der Waals surface area contributed by atoms with Gasteiger partial charge in [0.15, 0.2) is 0 Å². The third-order valence-electron chi connectivity index (χ3n) is 3.27. The molecule has 3 heteroatoms. The van der Waals surface area contributed by atoms with E-state index in [4.69, 9.17) is 11.5 Å². The van der Waals surface area contributed by atoms with E-state index in [-0.39, 0.29) is 0 Å². The molecule has 16 heavy (non-hydrogen) atoms. The fourth-order valence-electron chi connectivity index (χ4n) is 2.46. The number of nitrogens with zero attached hydrogens (tertiary/aromatic N) is 1. The summed E-state index contributed by atoms with van der Waals surface area (Å²) >= 11 is 0. The number of benzene rings is 1. The zero-order valence-electron chi connectivity index (χ0n) is 10.00. The minimum Gasteiger partial charge on any atom is -0.398 e. The van der Waals surface area contributed by atoms with Crippen LogP contribution in [0.3, 0.4) is 0 Å². The Hall–Kier alpha value is -1.06. The Morgan fingerprint density at radius 1 is 1.38 bits per heavy atom. The zero-order valence-corrected chi connectivity index (χ0v) is 10.00. The summed E-state index contributed by atoms with van der Waals surface area (Å²) in [5, 5.41) is 0. The third kappa shape index (κ3) is 2.36. The van der Waals surface area contributed by atoms with Gasteiger partial charge in [-0.2, -0.15) is 0 Å². The van der Waals surface area contributed by atoms with Gasteiger partial charge in [-0.3, -0.25) is 4.90 Å². The first-order valence-electron chi connectivity index (χ1n) is 6.01. The maximum absolute atomic E-state index is 6.05. The minimum atomic E-state index is 0.777. The summed E-state index contributed by atoms with van der Waals surface area (Å²) in [6.07, 6.45) is 2.16. The molecule has 88 valence electrons. The molecule has 0 saturated heterocycles. The van der Waals surface area contributed by atoms with E-state index < -0.39 is 0 Å². The average molecular weight is 219 g/mol. The number of rotatable bonds is 3. The standard InChI is InChI=1S/C13H21N3/c1-10-7-11-9-16(5-2-4-14)6-3-12(11)13(15)8-10/h7-8H,2-6,9,14-15H2,1H3. The first-order valence-corrected chi connectivity index (χ1v) is 6.01. The van der Waals surface area contributed by atoms with Crippen LogP contribution in [0.2, 0.25) is 0 Å². The summed E-state index contributed by atoms with van der Waals surface area (Å²) < 4.78 is 0. The van der Waals surface area contributed by atoms with Gasteiger partial charge < -0.3 is 11.5 Å². The van der Waals surface area contributed by atoms with Crippen molar-refractivity contribution in [3.63, 3.8) is 0 Å². The van der Waals surface area contributed by atoms with E-state index in [2.05, 4.69) is 24.0 Å². The molecule has 1 aromatic carbocycles. The topological polar surface area (TPSA) is 55.3 Å². The summed E-state index contributed by atoms with van der Waals surface area (Å²) in [7, 11) is 0. The van der Waals surface area contributed by atoms with Crippen molar-refractivity contribution in [2.75, 3.05) is 25.4 Å². The molecule has 2 rings (SSSR count). The molecule has 1 aliphatic heterocycles. The second-order valence-electron chi connectivity index (χ2n) is 4.66. The van der Waals surface area contributed by atoms with Crippen LogP contribution in [0.1, 0.15) is 23.1 Å². The summed E-state index contributed by atoms with van der Waals surface area (Å²) in [6, 6.07) is 4.34. The van der Waals surface area contributed by atoms with Crippen LogP contribution in [0.5, 0.6) is 0 Å². The Morgan fingerprint density at radius 2 is 2.19 bits per heavy atom. The van der Waals surface area contributed by atoms with Crippen molar-refractivity contribution in [3.05, 3.63) is 28.8 Å². The molecule has 0 fully saturated rings. The van der Waals surface area contributed by atoms with Crippen molar-refractivity contribution in [2.45, 2.75) is 26.3 Å². The Balaban J connectivity index is 2.13. The monoisotopic (exact) mass is 219 g/mol. The smallest absolute Gasteiger partial charge is 0.0352 e. The number of nitrogens with two attached hydrogens (primary N) is 2. The van der Waals surface area contributed by atoms with Crippen LogP contribution in [0.4, 0.5) is 5.69 Å². The van der Waals surface area contributed by atoms with Crippen molar-refractivity contribution >= 4 is 5.69 Å². The van der Waals surface area contributed by atoms with Gasteiger partial charge in [0.05, 0.1) is 0 Å². The zero-order chi connectivity index (χ0) is 11.5. The molecule has 0 aromatic heterocycles. The molecular formula is C13H21N3. The van der Waals surface area contributed by atoms with E-state index in [0.29, 0.717) is 0 Å². The van der Waals surface area contributed by atoms with Gasteiger partial charge in [-0.1, -0.05) is 6.07 Å². The Kier molecular flexibility index (Phi) is 3.46. The van der Waals surface area contributed by atoms with Crippen LogP contribution in [0, 0.1) is 6.92 Å². The molecule has 0 aliphatic carbocycles. The fourth-order valence-corrected chi connectivity index (χ4v) is 2.46. The van der Waals surface area contributed by atoms with Crippen LogP contribution in [-0.2, 0) is 13.0 Å². The van der Waals surface area contributed by atoms with Crippen molar-refractivity contribution in [1.29, 1.82) is 0 Å². The van der Waals surface area contributed by atoms with Crippen LogP contribution < -0.4 is 11.5 Å². The molecule has 0 atom stereocenters. The van der Waals surface area contributed by atoms with Gasteiger partial charge in [0.1, 0.15) is 0 Å². The molecule has 1 heterocycles. The van der Waals surface area contributed by atoms with Crippen LogP contribution in [0.25, 0.3) is 0 Å². The average Bonchev–Trinajstić information content (AvgIpc) is 2.25. The van der Waals surface area contributed by atoms with Crippen molar-refractivity contribution in [1.82, 2.24) is 4.90 Å². The highest BCUT2D eigenvalue weighted by Crippen LogP contribution is 2.25. The van der Waals surface area contributed by atoms with Crippen LogP contribution >= 0.6 is 0 Å². The Bertz CT molecular complexity index is 374. The molecule has 0 unspecified atom stereocenters. The van der Waals surface area contributed by atoms with Crippen LogP contribution in [-0.4, -0.2) is 24.5 Å². The maximum atomic E-state index is 6.05. The SMILES string of the molecule is Cc1cc(N)c2c(c1)CN(CCCN)CC2. The van der Waals surface area contributed by atoms with Gasteiger partial charge in [0.2, 0.25) is 0 Å². The maximum Gasteiger partial charge on any atom is 0.0352 e. The quantitative estimate of drug-likeness (QED) is 0.753. The number of hydrogen-bond acceptors (Lipinski definition) is 3. The van der Waals surface area contributed by atoms with E-state index >= 15 is 0 Å². The van der Waals surface area contributed by atoms with Gasteiger partial charge >= 0.3 is 0 Å². The molecule has 1 aliphatic rings. The lowest BCUT2D eigenvalue weighted by atomic mass is 9.96. The molecule has 1 aromatic rings. The summed E-state index contributed by atoms with van der Waals surface area (Å²) in [5.74, 6) is 0. The number of anilines is 1. The molecule has 0 bridgehead atoms. The lowest BCUT2D eigenvalue weighted by molar-refractivity contribution is 0.253. The van der Waals surface area contributed by atoms with Crippen molar-refractivity contribution in [3.8, 4) is 0 Å². The number of fused-ring (bicyclic) bond motifs is 1. The van der Waals surface area contributed by atoms with Gasteiger partial charge in [0, 0.05) is 18.8 Å². The Labute approximate surface area is 97.4 Å². The highest BCUT2D eigenvalue weighted by atomic mass is 15.1. The molecular weight excluding hydrogens is 198 g/mol. The molecule has 0 spiro atoms. The van der Waals surface area contributed by atoms with Gasteiger partial charge in [-0.25, -0.2) is 0 Å². The van der Waals surface area contributed by atoms with E-state index in [0.717, 1.165) is 44.7 Å². The lowest BCUT2D eigenvalue weighted by Gasteiger charge is -2.29. The molecule has 3 nitrogen and oxygen atoms in total. The lowest BCUT2D eigenvalue weighted by Crippen LogP contribution is -2.32. The first-order chi connectivity index (χ1) is 7.70. The molecule has 4 N–H and O–H groups in total. The minimum absolute atomic E-state index is 0.777. The van der Waals surface area contributed by atoms with Crippen molar-refractivity contribution < 1.29 is 0 Å². The molecule has 0 amide bonds. The highest BCUT2D eigenvalue weighted by Gasteiger charge is 2.17. The normalized spacial score (nSPS) is 16.1. The Morgan fingerprint density at radius 3 is 2.94 bits per heavy atom. The number of nitrogen functional groups attached to an aromatic ring is 1. The largest absolute Gasteiger partial charge is 0.398 e. The van der Waals surface area contributed by atoms with Crippen LogP contribution in [0.15, 0.2) is 12.1 Å². The predicted molar refractivity (Wildman–Crippen MR) is 68.2 cm³/mol. The summed E-state index contributed by atoms with van der Waals surface area (Å²) in [5.41, 5.74) is 16.6. The fraction of sp³-hybridized carbons (Fsp3) is 0.538. The van der Waals surface area contributed by atoms with E-state index in [1.807, 2.05) is 0 Å².